The van der Waals surface area contributed by atoms with Crippen LogP contribution in [-0.2, 0) is 11.1 Å². The Balaban J connectivity index is 3.01. The summed E-state index contributed by atoms with van der Waals surface area (Å²) in [6.45, 7) is 2.28. The Hall–Kier alpha value is -0.150. The van der Waals surface area contributed by atoms with Gasteiger partial charge in [0.05, 0.1) is 0 Å². The van der Waals surface area contributed by atoms with Crippen molar-refractivity contribution in [2.24, 2.45) is 0 Å². The van der Waals surface area contributed by atoms with Crippen molar-refractivity contribution < 1.29 is 8.76 Å². The molecule has 0 aliphatic carbocycles. The van der Waals surface area contributed by atoms with E-state index in [9.17, 15) is 4.21 Å². The average molecular weight is 331 g/mol. The fraction of sp³-hybridized carbons (Fsp3) is 0.895. The molecule has 0 aromatic carbocycles. The van der Waals surface area contributed by atoms with Crippen LogP contribution in [0, 0.1) is 0 Å². The lowest BCUT2D eigenvalue weighted by Crippen LogP contribution is -1.83. The monoisotopic (exact) mass is 330 g/mol. The van der Waals surface area contributed by atoms with Gasteiger partial charge in [-0.3, -0.25) is 0 Å². The molecule has 0 aliphatic heterocycles. The molecule has 0 spiro atoms. The summed E-state index contributed by atoms with van der Waals surface area (Å²) in [5.74, 6) is 0. The van der Waals surface area contributed by atoms with E-state index in [1.807, 2.05) is 6.08 Å². The van der Waals surface area contributed by atoms with Crippen LogP contribution in [0.1, 0.15) is 110 Å². The molecule has 0 aliphatic rings. The fourth-order valence-corrected chi connectivity index (χ4v) is 3.08. The highest BCUT2D eigenvalue weighted by molar-refractivity contribution is 7.82. The van der Waals surface area contributed by atoms with Crippen molar-refractivity contribution >= 4 is 11.1 Å². The maximum Gasteiger partial charge on any atom is 0.178 e. The van der Waals surface area contributed by atoms with E-state index in [1.54, 1.807) is 0 Å². The third-order valence-electron chi connectivity index (χ3n) is 4.19. The smallest absolute Gasteiger partial charge is 0.178 e. The van der Waals surface area contributed by atoms with Crippen LogP contribution in [0.15, 0.2) is 11.5 Å². The van der Waals surface area contributed by atoms with Gasteiger partial charge in [0.2, 0.25) is 0 Å². The molecule has 0 saturated heterocycles. The third-order valence-corrected chi connectivity index (χ3v) is 4.61. The first kappa shape index (κ1) is 21.9. The first-order valence-electron chi connectivity index (χ1n) is 9.53. The summed E-state index contributed by atoms with van der Waals surface area (Å²) in [5.41, 5.74) is 0. The van der Waals surface area contributed by atoms with Gasteiger partial charge in [0.25, 0.3) is 0 Å². The molecule has 0 bridgehead atoms. The van der Waals surface area contributed by atoms with E-state index in [4.69, 9.17) is 4.55 Å². The summed E-state index contributed by atoms with van der Waals surface area (Å²) in [6, 6.07) is 0. The first-order chi connectivity index (χ1) is 10.8. The molecule has 0 aromatic heterocycles. The van der Waals surface area contributed by atoms with Gasteiger partial charge >= 0.3 is 0 Å². The molecule has 0 heterocycles. The predicted molar refractivity (Wildman–Crippen MR) is 99.5 cm³/mol. The van der Waals surface area contributed by atoms with Crippen molar-refractivity contribution in [2.45, 2.75) is 110 Å². The summed E-state index contributed by atoms with van der Waals surface area (Å²) in [5, 5.41) is 1.36. The summed E-state index contributed by atoms with van der Waals surface area (Å²) in [7, 11) is 0. The molecule has 22 heavy (non-hydrogen) atoms. The topological polar surface area (TPSA) is 37.3 Å². The second-order valence-corrected chi connectivity index (χ2v) is 7.21. The molecule has 0 amide bonds. The van der Waals surface area contributed by atoms with Gasteiger partial charge in [-0.2, -0.15) is 0 Å². The van der Waals surface area contributed by atoms with E-state index in [1.165, 1.54) is 95.3 Å². The van der Waals surface area contributed by atoms with E-state index >= 15 is 0 Å². The van der Waals surface area contributed by atoms with E-state index < -0.39 is 11.1 Å². The average Bonchev–Trinajstić information content (AvgIpc) is 2.50. The summed E-state index contributed by atoms with van der Waals surface area (Å²) in [6.07, 6.45) is 23.4. The van der Waals surface area contributed by atoms with Crippen molar-refractivity contribution in [3.05, 3.63) is 11.5 Å². The SMILES string of the molecule is CCCCCCCCCCCCCCCCCC=CS(=O)O. The lowest BCUT2D eigenvalue weighted by molar-refractivity contribution is 0.533. The highest BCUT2D eigenvalue weighted by Crippen LogP contribution is 2.13. The van der Waals surface area contributed by atoms with E-state index in [-0.39, 0.29) is 0 Å². The largest absolute Gasteiger partial charge is 0.303 e. The first-order valence-corrected chi connectivity index (χ1v) is 10.7. The molecule has 2 nitrogen and oxygen atoms in total. The normalized spacial score (nSPS) is 13.0. The highest BCUT2D eigenvalue weighted by atomic mass is 32.2. The van der Waals surface area contributed by atoms with Gasteiger partial charge in [-0.25, -0.2) is 4.21 Å². The van der Waals surface area contributed by atoms with Crippen LogP contribution in [0.3, 0.4) is 0 Å². The molecule has 0 rings (SSSR count). The van der Waals surface area contributed by atoms with Gasteiger partial charge in [-0.15, -0.1) is 0 Å². The quantitative estimate of drug-likeness (QED) is 0.231. The molecule has 1 atom stereocenters. The van der Waals surface area contributed by atoms with Crippen molar-refractivity contribution in [1.29, 1.82) is 0 Å². The molecular formula is C19H38O2S. The minimum absolute atomic E-state index is 0.935. The summed E-state index contributed by atoms with van der Waals surface area (Å²) in [4.78, 5) is 0. The van der Waals surface area contributed by atoms with Gasteiger partial charge in [0.15, 0.2) is 11.1 Å². The van der Waals surface area contributed by atoms with Crippen LogP contribution in [0.5, 0.6) is 0 Å². The van der Waals surface area contributed by atoms with Crippen LogP contribution < -0.4 is 0 Å². The second kappa shape index (κ2) is 18.9. The zero-order valence-electron chi connectivity index (χ0n) is 14.7. The molecule has 0 saturated carbocycles. The van der Waals surface area contributed by atoms with Gasteiger partial charge in [0, 0.05) is 5.41 Å². The van der Waals surface area contributed by atoms with E-state index in [0.29, 0.717) is 0 Å². The standard InChI is InChI=1S/C19H38O2S/c1-2-3-4-5-6-7-8-9-10-11-12-13-14-15-16-17-18-19-22(20)21/h18-19H,2-17H2,1H3,(H,20,21). The van der Waals surface area contributed by atoms with Crippen molar-refractivity contribution in [2.75, 3.05) is 0 Å². The number of rotatable bonds is 17. The fourth-order valence-electron chi connectivity index (χ4n) is 2.78. The van der Waals surface area contributed by atoms with Crippen LogP contribution in [0.25, 0.3) is 0 Å². The maximum absolute atomic E-state index is 10.4. The summed E-state index contributed by atoms with van der Waals surface area (Å²) < 4.78 is 18.9. The van der Waals surface area contributed by atoms with Crippen molar-refractivity contribution in [3.63, 3.8) is 0 Å². The second-order valence-electron chi connectivity index (χ2n) is 6.39. The van der Waals surface area contributed by atoms with Gasteiger partial charge < -0.3 is 4.55 Å². The Morgan fingerprint density at radius 3 is 1.41 bits per heavy atom. The minimum atomic E-state index is -1.76. The molecule has 132 valence electrons. The van der Waals surface area contributed by atoms with Crippen molar-refractivity contribution in [1.82, 2.24) is 0 Å². The summed E-state index contributed by atoms with van der Waals surface area (Å²) >= 11 is -1.76. The zero-order valence-corrected chi connectivity index (χ0v) is 15.5. The predicted octanol–water partition coefficient (Wildman–Crippen LogP) is 6.98. The Bertz CT molecular complexity index is 264. The Kier molecular flexibility index (Phi) is 18.8. The van der Waals surface area contributed by atoms with Gasteiger partial charge in [-0.1, -0.05) is 103 Å². The highest BCUT2D eigenvalue weighted by Gasteiger charge is 1.94. The Labute approximate surface area is 141 Å². The van der Waals surface area contributed by atoms with Crippen LogP contribution in [-0.4, -0.2) is 8.76 Å². The van der Waals surface area contributed by atoms with Crippen LogP contribution >= 0.6 is 0 Å². The lowest BCUT2D eigenvalue weighted by Gasteiger charge is -2.03. The van der Waals surface area contributed by atoms with E-state index in [2.05, 4.69) is 6.92 Å². The molecular weight excluding hydrogens is 292 g/mol. The Morgan fingerprint density at radius 1 is 0.682 bits per heavy atom. The van der Waals surface area contributed by atoms with Gasteiger partial charge in [0.1, 0.15) is 0 Å². The van der Waals surface area contributed by atoms with Crippen LogP contribution in [0.4, 0.5) is 0 Å². The molecule has 0 radical (unpaired) electrons. The van der Waals surface area contributed by atoms with E-state index in [0.717, 1.165) is 12.8 Å². The number of allylic oxidation sites excluding steroid dienone is 1. The molecule has 1 unspecified atom stereocenters. The van der Waals surface area contributed by atoms with Crippen LogP contribution in [0.2, 0.25) is 0 Å². The number of hydrogen-bond acceptors (Lipinski definition) is 1. The minimum Gasteiger partial charge on any atom is -0.303 e. The zero-order chi connectivity index (χ0) is 16.3. The maximum atomic E-state index is 10.4. The number of hydrogen-bond donors (Lipinski definition) is 1. The van der Waals surface area contributed by atoms with Gasteiger partial charge in [-0.05, 0) is 12.8 Å². The Morgan fingerprint density at radius 2 is 1.05 bits per heavy atom. The molecule has 0 aromatic rings. The lowest BCUT2D eigenvalue weighted by atomic mass is 10.0. The number of unbranched alkanes of at least 4 members (excludes halogenated alkanes) is 15. The van der Waals surface area contributed by atoms with Crippen molar-refractivity contribution in [3.8, 4) is 0 Å². The third kappa shape index (κ3) is 19.9. The molecule has 3 heteroatoms. The molecule has 1 N–H and O–H groups in total. The molecule has 0 fully saturated rings.